The van der Waals surface area contributed by atoms with Gasteiger partial charge in [0.2, 0.25) is 5.91 Å². The number of carboxylic acids is 1. The van der Waals surface area contributed by atoms with Crippen molar-refractivity contribution in [3.63, 3.8) is 0 Å². The third kappa shape index (κ3) is 4.62. The Morgan fingerprint density at radius 3 is 2.21 bits per heavy atom. The average Bonchev–Trinajstić information content (AvgIpc) is 3.07. The van der Waals surface area contributed by atoms with Crippen molar-refractivity contribution in [2.24, 2.45) is 0 Å². The molecule has 2 amide bonds. The maximum atomic E-state index is 12.9. The topological polar surface area (TPSA) is 95.9 Å². The van der Waals surface area contributed by atoms with Crippen LogP contribution < -0.4 is 5.32 Å². The van der Waals surface area contributed by atoms with Crippen molar-refractivity contribution >= 4 is 18.0 Å². The SMILES string of the molecule is CC(C)=CCC(NC(=O)OCC1c2ccccc2-c2ccccc21)C(=O)N1CCC1C(=O)O. The number of nitrogens with zero attached hydrogens (tertiary/aromatic N) is 1. The van der Waals surface area contributed by atoms with Crippen LogP contribution in [0.3, 0.4) is 0 Å². The van der Waals surface area contributed by atoms with Gasteiger partial charge in [-0.05, 0) is 48.9 Å². The predicted molar refractivity (Wildman–Crippen MR) is 124 cm³/mol. The lowest BCUT2D eigenvalue weighted by atomic mass is 9.98. The number of carbonyl (C=O) groups is 3. The molecular weight excluding hydrogens is 420 g/mol. The summed E-state index contributed by atoms with van der Waals surface area (Å²) < 4.78 is 5.58. The van der Waals surface area contributed by atoms with E-state index in [1.165, 1.54) is 4.90 Å². The summed E-state index contributed by atoms with van der Waals surface area (Å²) >= 11 is 0. The van der Waals surface area contributed by atoms with Crippen LogP contribution in [0, 0.1) is 0 Å². The fourth-order valence-corrected chi connectivity index (χ4v) is 4.47. The molecule has 2 aromatic rings. The number of allylic oxidation sites excluding steroid dienone is 1. The molecule has 0 radical (unpaired) electrons. The Bertz CT molecular complexity index is 1060. The second-order valence-electron chi connectivity index (χ2n) is 8.71. The summed E-state index contributed by atoms with van der Waals surface area (Å²) in [5, 5.41) is 11.9. The highest BCUT2D eigenvalue weighted by molar-refractivity contribution is 5.90. The summed E-state index contributed by atoms with van der Waals surface area (Å²) in [5.41, 5.74) is 5.48. The Labute approximate surface area is 193 Å². The Morgan fingerprint density at radius 2 is 1.70 bits per heavy atom. The lowest BCUT2D eigenvalue weighted by molar-refractivity contribution is -0.158. The highest BCUT2D eigenvalue weighted by Crippen LogP contribution is 2.44. The zero-order chi connectivity index (χ0) is 23.5. The van der Waals surface area contributed by atoms with E-state index >= 15 is 0 Å². The van der Waals surface area contributed by atoms with Crippen LogP contribution in [0.5, 0.6) is 0 Å². The van der Waals surface area contributed by atoms with Gasteiger partial charge in [0.25, 0.3) is 0 Å². The summed E-state index contributed by atoms with van der Waals surface area (Å²) in [5.74, 6) is -1.52. The van der Waals surface area contributed by atoms with E-state index in [1.54, 1.807) is 0 Å². The minimum atomic E-state index is -1.03. The van der Waals surface area contributed by atoms with Crippen molar-refractivity contribution in [3.05, 3.63) is 71.3 Å². The molecule has 1 aliphatic carbocycles. The molecule has 172 valence electrons. The van der Waals surface area contributed by atoms with Crippen LogP contribution in [0.4, 0.5) is 4.79 Å². The third-order valence-corrected chi connectivity index (χ3v) is 6.28. The van der Waals surface area contributed by atoms with Crippen LogP contribution >= 0.6 is 0 Å². The molecule has 2 aliphatic rings. The summed E-state index contributed by atoms with van der Waals surface area (Å²) in [6.45, 7) is 4.31. The van der Waals surface area contributed by atoms with Gasteiger partial charge >= 0.3 is 12.1 Å². The molecule has 0 saturated carbocycles. The van der Waals surface area contributed by atoms with Gasteiger partial charge in [-0.25, -0.2) is 9.59 Å². The van der Waals surface area contributed by atoms with Crippen LogP contribution in [0.25, 0.3) is 11.1 Å². The second kappa shape index (κ2) is 9.48. The quantitative estimate of drug-likeness (QED) is 0.626. The van der Waals surface area contributed by atoms with Gasteiger partial charge < -0.3 is 20.1 Å². The number of alkyl carbamates (subject to hydrolysis) is 1. The Balaban J connectivity index is 1.44. The van der Waals surface area contributed by atoms with E-state index in [1.807, 2.05) is 56.3 Å². The number of rotatable bonds is 7. The first kappa shape index (κ1) is 22.6. The number of benzene rings is 2. The first-order valence-corrected chi connectivity index (χ1v) is 11.1. The van der Waals surface area contributed by atoms with Gasteiger partial charge in [0.05, 0.1) is 0 Å². The van der Waals surface area contributed by atoms with Gasteiger partial charge in [0, 0.05) is 12.5 Å². The van der Waals surface area contributed by atoms with E-state index in [9.17, 15) is 19.5 Å². The molecule has 1 saturated heterocycles. The van der Waals surface area contributed by atoms with Gasteiger partial charge in [0.15, 0.2) is 0 Å². The Morgan fingerprint density at radius 1 is 1.09 bits per heavy atom. The van der Waals surface area contributed by atoms with Crippen molar-refractivity contribution < 1.29 is 24.2 Å². The van der Waals surface area contributed by atoms with E-state index in [4.69, 9.17) is 4.74 Å². The number of carboxylic acid groups (broad SMARTS) is 1. The highest BCUT2D eigenvalue weighted by atomic mass is 16.5. The lowest BCUT2D eigenvalue weighted by Gasteiger charge is -2.39. The molecular formula is C26H28N2O5. The smallest absolute Gasteiger partial charge is 0.407 e. The number of ether oxygens (including phenoxy) is 1. The number of amides is 2. The molecule has 0 aromatic heterocycles. The van der Waals surface area contributed by atoms with Crippen LogP contribution in [0.15, 0.2) is 60.2 Å². The number of aliphatic carboxylic acids is 1. The first-order chi connectivity index (χ1) is 15.9. The summed E-state index contributed by atoms with van der Waals surface area (Å²) in [4.78, 5) is 38.3. The van der Waals surface area contributed by atoms with Crippen molar-refractivity contribution in [1.29, 1.82) is 0 Å². The molecule has 33 heavy (non-hydrogen) atoms. The van der Waals surface area contributed by atoms with Crippen LogP contribution in [-0.4, -0.2) is 53.2 Å². The number of hydrogen-bond donors (Lipinski definition) is 2. The molecule has 4 rings (SSSR count). The van der Waals surface area contributed by atoms with Crippen LogP contribution in [-0.2, 0) is 14.3 Å². The molecule has 0 bridgehead atoms. The van der Waals surface area contributed by atoms with Crippen LogP contribution in [0.1, 0.15) is 43.7 Å². The van der Waals surface area contributed by atoms with E-state index in [0.29, 0.717) is 13.0 Å². The first-order valence-electron chi connectivity index (χ1n) is 11.1. The molecule has 1 aliphatic heterocycles. The zero-order valence-electron chi connectivity index (χ0n) is 18.8. The monoisotopic (exact) mass is 448 g/mol. The Hall–Kier alpha value is -3.61. The molecule has 7 heteroatoms. The third-order valence-electron chi connectivity index (χ3n) is 6.28. The zero-order valence-corrected chi connectivity index (χ0v) is 18.8. The molecule has 1 heterocycles. The molecule has 7 nitrogen and oxygen atoms in total. The van der Waals surface area contributed by atoms with E-state index < -0.39 is 30.1 Å². The standard InChI is InChI=1S/C26H28N2O5/c1-16(2)11-12-22(24(29)28-14-13-23(28)25(30)31)27-26(32)33-15-21-19-9-5-3-7-17(19)18-8-4-6-10-20(18)21/h3-11,21-23H,12-15H2,1-2H3,(H,27,32)(H,30,31). The summed E-state index contributed by atoms with van der Waals surface area (Å²) in [7, 11) is 0. The Kier molecular flexibility index (Phi) is 6.49. The van der Waals surface area contributed by atoms with E-state index in [-0.39, 0.29) is 18.9 Å². The molecule has 2 atom stereocenters. The van der Waals surface area contributed by atoms with Crippen molar-refractivity contribution in [2.45, 2.75) is 44.7 Å². The minimum Gasteiger partial charge on any atom is -0.480 e. The normalized spacial score (nSPS) is 17.3. The summed E-state index contributed by atoms with van der Waals surface area (Å²) in [6, 6.07) is 14.4. The molecule has 1 fully saturated rings. The molecule has 2 aromatic carbocycles. The van der Waals surface area contributed by atoms with Crippen molar-refractivity contribution in [2.75, 3.05) is 13.2 Å². The number of fused-ring (bicyclic) bond motifs is 3. The number of likely N-dealkylation sites (tertiary alicyclic amines) is 1. The summed E-state index contributed by atoms with van der Waals surface area (Å²) in [6.07, 6.45) is 1.85. The molecule has 2 N–H and O–H groups in total. The number of carbonyl (C=O) groups excluding carboxylic acids is 2. The lowest BCUT2D eigenvalue weighted by Crippen LogP contribution is -2.60. The minimum absolute atomic E-state index is 0.0816. The van der Waals surface area contributed by atoms with Gasteiger partial charge in [-0.2, -0.15) is 0 Å². The van der Waals surface area contributed by atoms with Gasteiger partial charge in [-0.15, -0.1) is 0 Å². The van der Waals surface area contributed by atoms with Gasteiger partial charge in [-0.3, -0.25) is 4.79 Å². The van der Waals surface area contributed by atoms with E-state index in [2.05, 4.69) is 17.4 Å². The van der Waals surface area contributed by atoms with Crippen molar-refractivity contribution in [3.8, 4) is 11.1 Å². The second-order valence-corrected chi connectivity index (χ2v) is 8.71. The fourth-order valence-electron chi connectivity index (χ4n) is 4.47. The average molecular weight is 449 g/mol. The fraction of sp³-hybridized carbons (Fsp3) is 0.346. The van der Waals surface area contributed by atoms with Gasteiger partial charge in [0.1, 0.15) is 18.7 Å². The highest BCUT2D eigenvalue weighted by Gasteiger charge is 2.40. The van der Waals surface area contributed by atoms with E-state index in [0.717, 1.165) is 27.8 Å². The number of nitrogens with one attached hydrogen (secondary N) is 1. The predicted octanol–water partition coefficient (Wildman–Crippen LogP) is 3.94. The van der Waals surface area contributed by atoms with Gasteiger partial charge in [-0.1, -0.05) is 60.2 Å². The largest absolute Gasteiger partial charge is 0.480 e. The number of hydrogen-bond acceptors (Lipinski definition) is 4. The maximum absolute atomic E-state index is 12.9. The van der Waals surface area contributed by atoms with Crippen molar-refractivity contribution in [1.82, 2.24) is 10.2 Å². The molecule has 0 spiro atoms. The van der Waals surface area contributed by atoms with Crippen LogP contribution in [0.2, 0.25) is 0 Å². The maximum Gasteiger partial charge on any atom is 0.407 e. The molecule has 2 unspecified atom stereocenters.